The zero-order chi connectivity index (χ0) is 13.2. The van der Waals surface area contributed by atoms with Crippen LogP contribution in [-0.2, 0) is 5.41 Å². The Kier molecular flexibility index (Phi) is 3.81. The zero-order valence-corrected chi connectivity index (χ0v) is 11.3. The first-order chi connectivity index (χ1) is 8.63. The van der Waals surface area contributed by atoms with E-state index < -0.39 is 0 Å². The number of hydrogen-bond acceptors (Lipinski definition) is 3. The van der Waals surface area contributed by atoms with E-state index in [1.54, 1.807) is 7.11 Å². The van der Waals surface area contributed by atoms with Gasteiger partial charge < -0.3 is 15.6 Å². The van der Waals surface area contributed by atoms with Gasteiger partial charge in [0.25, 0.3) is 0 Å². The van der Waals surface area contributed by atoms with E-state index in [0.717, 1.165) is 29.7 Å². The summed E-state index contributed by atoms with van der Waals surface area (Å²) >= 11 is 0. The minimum Gasteiger partial charge on any atom is -0.508 e. The largest absolute Gasteiger partial charge is 0.508 e. The van der Waals surface area contributed by atoms with Crippen LogP contribution < -0.4 is 10.5 Å². The molecule has 1 fully saturated rings. The SMILES string of the molecule is COc1cc(C)c(O)cc1C1(CN)CCCCC1. The van der Waals surface area contributed by atoms with Gasteiger partial charge in [-0.25, -0.2) is 0 Å². The maximum Gasteiger partial charge on any atom is 0.123 e. The van der Waals surface area contributed by atoms with E-state index in [4.69, 9.17) is 10.5 Å². The van der Waals surface area contributed by atoms with Crippen molar-refractivity contribution in [3.05, 3.63) is 23.3 Å². The molecule has 0 saturated heterocycles. The van der Waals surface area contributed by atoms with Crippen LogP contribution in [0.2, 0.25) is 0 Å². The topological polar surface area (TPSA) is 55.5 Å². The van der Waals surface area contributed by atoms with Gasteiger partial charge in [-0.15, -0.1) is 0 Å². The highest BCUT2D eigenvalue weighted by atomic mass is 16.5. The van der Waals surface area contributed by atoms with Gasteiger partial charge in [0.05, 0.1) is 7.11 Å². The molecule has 2 rings (SSSR count). The fourth-order valence-electron chi connectivity index (χ4n) is 3.07. The molecule has 1 aliphatic carbocycles. The summed E-state index contributed by atoms with van der Waals surface area (Å²) < 4.78 is 5.49. The molecular formula is C15H23NO2. The van der Waals surface area contributed by atoms with E-state index in [1.807, 2.05) is 19.1 Å². The molecule has 0 atom stereocenters. The number of aromatic hydroxyl groups is 1. The molecule has 100 valence electrons. The molecule has 3 nitrogen and oxygen atoms in total. The Morgan fingerprint density at radius 1 is 1.28 bits per heavy atom. The van der Waals surface area contributed by atoms with Gasteiger partial charge in [-0.1, -0.05) is 19.3 Å². The van der Waals surface area contributed by atoms with E-state index in [9.17, 15) is 5.11 Å². The number of nitrogens with two attached hydrogens (primary N) is 1. The number of hydrogen-bond donors (Lipinski definition) is 2. The van der Waals surface area contributed by atoms with Crippen LogP contribution in [0.3, 0.4) is 0 Å². The molecule has 1 aromatic rings. The molecule has 0 heterocycles. The second kappa shape index (κ2) is 5.19. The molecule has 0 unspecified atom stereocenters. The van der Waals surface area contributed by atoms with E-state index in [1.165, 1.54) is 19.3 Å². The number of aryl methyl sites for hydroxylation is 1. The number of phenolic OH excluding ortho intramolecular Hbond substituents is 1. The van der Waals surface area contributed by atoms with Gasteiger partial charge in [0, 0.05) is 17.5 Å². The van der Waals surface area contributed by atoms with Crippen molar-refractivity contribution in [3.8, 4) is 11.5 Å². The standard InChI is InChI=1S/C15H23NO2/c1-11-8-14(18-2)12(9-13(11)17)15(10-16)6-4-3-5-7-15/h8-9,17H,3-7,10,16H2,1-2H3. The van der Waals surface area contributed by atoms with Gasteiger partial charge in [-0.2, -0.15) is 0 Å². The summed E-state index contributed by atoms with van der Waals surface area (Å²) in [5.74, 6) is 1.20. The smallest absolute Gasteiger partial charge is 0.123 e. The molecule has 3 heteroatoms. The lowest BCUT2D eigenvalue weighted by Gasteiger charge is -2.37. The minimum atomic E-state index is -0.0191. The molecule has 0 spiro atoms. The Bertz CT molecular complexity index is 423. The van der Waals surface area contributed by atoms with Gasteiger partial charge >= 0.3 is 0 Å². The first-order valence-corrected chi connectivity index (χ1v) is 6.71. The molecular weight excluding hydrogens is 226 g/mol. The summed E-state index contributed by atoms with van der Waals surface area (Å²) in [5, 5.41) is 9.96. The minimum absolute atomic E-state index is 0.0191. The van der Waals surface area contributed by atoms with Gasteiger partial charge in [-0.3, -0.25) is 0 Å². The van der Waals surface area contributed by atoms with Crippen LogP contribution in [0, 0.1) is 6.92 Å². The second-order valence-corrected chi connectivity index (χ2v) is 5.38. The van der Waals surface area contributed by atoms with Crippen LogP contribution in [-0.4, -0.2) is 18.8 Å². The lowest BCUT2D eigenvalue weighted by Crippen LogP contribution is -2.37. The zero-order valence-electron chi connectivity index (χ0n) is 11.3. The van der Waals surface area contributed by atoms with Crippen molar-refractivity contribution >= 4 is 0 Å². The highest BCUT2D eigenvalue weighted by molar-refractivity contribution is 5.49. The quantitative estimate of drug-likeness (QED) is 0.866. The van der Waals surface area contributed by atoms with Crippen LogP contribution in [0.4, 0.5) is 0 Å². The van der Waals surface area contributed by atoms with E-state index in [-0.39, 0.29) is 5.41 Å². The first-order valence-electron chi connectivity index (χ1n) is 6.71. The van der Waals surface area contributed by atoms with Crippen molar-refractivity contribution in [1.29, 1.82) is 0 Å². The second-order valence-electron chi connectivity index (χ2n) is 5.38. The Hall–Kier alpha value is -1.22. The van der Waals surface area contributed by atoms with Crippen LogP contribution in [0.1, 0.15) is 43.2 Å². The van der Waals surface area contributed by atoms with Gasteiger partial charge in [-0.05, 0) is 37.5 Å². The molecule has 1 aliphatic rings. The molecule has 0 amide bonds. The van der Waals surface area contributed by atoms with Crippen LogP contribution >= 0.6 is 0 Å². The molecule has 1 saturated carbocycles. The summed E-state index contributed by atoms with van der Waals surface area (Å²) in [6.45, 7) is 2.50. The molecule has 1 aromatic carbocycles. The van der Waals surface area contributed by atoms with Gasteiger partial charge in [0.2, 0.25) is 0 Å². The van der Waals surface area contributed by atoms with Crippen LogP contribution in [0.15, 0.2) is 12.1 Å². The number of methoxy groups -OCH3 is 1. The third-order valence-electron chi connectivity index (χ3n) is 4.29. The highest BCUT2D eigenvalue weighted by Gasteiger charge is 2.35. The normalized spacial score (nSPS) is 18.6. The summed E-state index contributed by atoms with van der Waals surface area (Å²) in [4.78, 5) is 0. The molecule has 3 N–H and O–H groups in total. The Labute approximate surface area is 109 Å². The highest BCUT2D eigenvalue weighted by Crippen LogP contribution is 2.44. The van der Waals surface area contributed by atoms with E-state index >= 15 is 0 Å². The number of phenols is 1. The first kappa shape index (κ1) is 13.2. The van der Waals surface area contributed by atoms with Crippen LogP contribution in [0.25, 0.3) is 0 Å². The predicted octanol–water partition coefficient (Wildman–Crippen LogP) is 2.87. The average Bonchev–Trinajstić information content (AvgIpc) is 2.42. The lowest BCUT2D eigenvalue weighted by atomic mass is 9.69. The predicted molar refractivity (Wildman–Crippen MR) is 73.2 cm³/mol. The summed E-state index contributed by atoms with van der Waals surface area (Å²) in [6.07, 6.45) is 5.86. The number of benzene rings is 1. The monoisotopic (exact) mass is 249 g/mol. The van der Waals surface area contributed by atoms with Crippen molar-refractivity contribution in [3.63, 3.8) is 0 Å². The molecule has 0 aromatic heterocycles. The Morgan fingerprint density at radius 3 is 2.50 bits per heavy atom. The summed E-state index contributed by atoms with van der Waals surface area (Å²) in [5.41, 5.74) is 7.95. The summed E-state index contributed by atoms with van der Waals surface area (Å²) in [7, 11) is 1.68. The van der Waals surface area contributed by atoms with Crippen molar-refractivity contribution < 1.29 is 9.84 Å². The van der Waals surface area contributed by atoms with Crippen molar-refractivity contribution in [1.82, 2.24) is 0 Å². The van der Waals surface area contributed by atoms with Crippen molar-refractivity contribution in [2.75, 3.05) is 13.7 Å². The lowest BCUT2D eigenvalue weighted by molar-refractivity contribution is 0.286. The van der Waals surface area contributed by atoms with Gasteiger partial charge in [0.15, 0.2) is 0 Å². The third kappa shape index (κ3) is 2.19. The maximum absolute atomic E-state index is 9.96. The molecule has 0 radical (unpaired) electrons. The van der Waals surface area contributed by atoms with Crippen LogP contribution in [0.5, 0.6) is 11.5 Å². The fourth-order valence-corrected chi connectivity index (χ4v) is 3.07. The van der Waals surface area contributed by atoms with Crippen molar-refractivity contribution in [2.45, 2.75) is 44.4 Å². The van der Waals surface area contributed by atoms with Gasteiger partial charge in [0.1, 0.15) is 11.5 Å². The summed E-state index contributed by atoms with van der Waals surface area (Å²) in [6, 6.07) is 3.77. The van der Waals surface area contributed by atoms with E-state index in [0.29, 0.717) is 12.3 Å². The molecule has 18 heavy (non-hydrogen) atoms. The third-order valence-corrected chi connectivity index (χ3v) is 4.29. The molecule has 0 bridgehead atoms. The maximum atomic E-state index is 9.96. The average molecular weight is 249 g/mol. The Balaban J connectivity index is 2.49. The fraction of sp³-hybridized carbons (Fsp3) is 0.600. The Morgan fingerprint density at radius 2 is 1.94 bits per heavy atom. The van der Waals surface area contributed by atoms with Crippen molar-refractivity contribution in [2.24, 2.45) is 5.73 Å². The van der Waals surface area contributed by atoms with E-state index in [2.05, 4.69) is 0 Å². The number of ether oxygens (including phenoxy) is 1. The molecule has 0 aliphatic heterocycles. The number of rotatable bonds is 3.